The Morgan fingerprint density at radius 3 is 2.60 bits per heavy atom. The predicted octanol–water partition coefficient (Wildman–Crippen LogP) is 1.89. The molecule has 2 rings (SSSR count). The highest BCUT2D eigenvalue weighted by Gasteiger charge is 2.16. The van der Waals surface area contributed by atoms with Crippen molar-refractivity contribution in [1.82, 2.24) is 14.8 Å². The Bertz CT molecular complexity index is 656. The first-order valence-corrected chi connectivity index (χ1v) is 6.32. The summed E-state index contributed by atoms with van der Waals surface area (Å²) in [6.45, 7) is 3.51. The van der Waals surface area contributed by atoms with Crippen LogP contribution in [0.15, 0.2) is 12.1 Å². The first kappa shape index (κ1) is 13.9. The second kappa shape index (κ2) is 5.61. The number of hydrogen-bond acceptors (Lipinski definition) is 6. The van der Waals surface area contributed by atoms with E-state index in [-0.39, 0.29) is 16.4 Å². The summed E-state index contributed by atoms with van der Waals surface area (Å²) < 4.78 is 3.50. The summed E-state index contributed by atoms with van der Waals surface area (Å²) in [5.74, 6) is -1.11. The van der Waals surface area contributed by atoms with Crippen molar-refractivity contribution in [3.63, 3.8) is 0 Å². The van der Waals surface area contributed by atoms with Crippen molar-refractivity contribution < 1.29 is 14.7 Å². The number of benzene rings is 1. The summed E-state index contributed by atoms with van der Waals surface area (Å²) in [6.07, 6.45) is 0. The highest BCUT2D eigenvalue weighted by Crippen LogP contribution is 2.23. The first-order chi connectivity index (χ1) is 9.47. The molecule has 0 aliphatic rings. The van der Waals surface area contributed by atoms with Crippen LogP contribution in [0.5, 0.6) is 0 Å². The SMILES string of the molecule is Cc1cc(C)c(NC(=O)Nc2nnns2)c(C(=O)O)c1. The summed E-state index contributed by atoms with van der Waals surface area (Å²) in [7, 11) is 0. The quantitative estimate of drug-likeness (QED) is 0.795. The van der Waals surface area contributed by atoms with Crippen LogP contribution in [0.2, 0.25) is 0 Å². The van der Waals surface area contributed by atoms with Crippen LogP contribution in [-0.2, 0) is 0 Å². The number of aryl methyl sites for hydroxylation is 2. The largest absolute Gasteiger partial charge is 0.478 e. The van der Waals surface area contributed by atoms with Gasteiger partial charge in [0.25, 0.3) is 0 Å². The van der Waals surface area contributed by atoms with Crippen LogP contribution >= 0.6 is 11.5 Å². The van der Waals surface area contributed by atoms with Crippen molar-refractivity contribution in [3.8, 4) is 0 Å². The van der Waals surface area contributed by atoms with Gasteiger partial charge in [0.15, 0.2) is 0 Å². The molecule has 0 aliphatic heterocycles. The molecular weight excluding hydrogens is 282 g/mol. The van der Waals surface area contributed by atoms with Crippen LogP contribution in [0, 0.1) is 13.8 Å². The number of nitrogens with one attached hydrogen (secondary N) is 2. The van der Waals surface area contributed by atoms with E-state index in [1.165, 1.54) is 6.07 Å². The molecule has 0 bridgehead atoms. The van der Waals surface area contributed by atoms with Gasteiger partial charge in [0, 0.05) is 11.5 Å². The number of amides is 2. The average molecular weight is 293 g/mol. The Labute approximate surface area is 118 Å². The van der Waals surface area contributed by atoms with E-state index in [1.807, 2.05) is 0 Å². The summed E-state index contributed by atoms with van der Waals surface area (Å²) in [5.41, 5.74) is 1.75. The highest BCUT2D eigenvalue weighted by atomic mass is 32.1. The molecule has 1 heterocycles. The molecule has 8 nitrogen and oxygen atoms in total. The maximum Gasteiger partial charge on any atom is 0.337 e. The fourth-order valence-electron chi connectivity index (χ4n) is 1.73. The number of rotatable bonds is 3. The lowest BCUT2D eigenvalue weighted by Crippen LogP contribution is -2.21. The Balaban J connectivity index is 2.24. The van der Waals surface area contributed by atoms with Gasteiger partial charge in [0.2, 0.25) is 5.13 Å². The van der Waals surface area contributed by atoms with E-state index in [9.17, 15) is 14.7 Å². The van der Waals surface area contributed by atoms with E-state index >= 15 is 0 Å². The van der Waals surface area contributed by atoms with E-state index in [4.69, 9.17) is 0 Å². The molecule has 0 atom stereocenters. The van der Waals surface area contributed by atoms with Crippen LogP contribution in [0.25, 0.3) is 0 Å². The number of aromatic carboxylic acids is 1. The van der Waals surface area contributed by atoms with Crippen molar-refractivity contribution >= 4 is 34.4 Å². The average Bonchev–Trinajstić information content (AvgIpc) is 2.84. The van der Waals surface area contributed by atoms with E-state index in [1.54, 1.807) is 19.9 Å². The van der Waals surface area contributed by atoms with Gasteiger partial charge in [0.1, 0.15) is 0 Å². The molecule has 1 aromatic carbocycles. The zero-order chi connectivity index (χ0) is 14.7. The number of aromatic nitrogens is 3. The molecule has 3 N–H and O–H groups in total. The summed E-state index contributed by atoms with van der Waals surface area (Å²) in [4.78, 5) is 23.0. The van der Waals surface area contributed by atoms with Crippen LogP contribution in [-0.4, -0.2) is 31.9 Å². The number of carbonyl (C=O) groups is 2. The molecule has 104 valence electrons. The normalized spacial score (nSPS) is 10.1. The van der Waals surface area contributed by atoms with Crippen molar-refractivity contribution in [2.24, 2.45) is 0 Å². The molecule has 1 aromatic heterocycles. The number of carboxylic acids is 1. The zero-order valence-corrected chi connectivity index (χ0v) is 11.5. The fourth-order valence-corrected chi connectivity index (χ4v) is 2.09. The Morgan fingerprint density at radius 2 is 2.00 bits per heavy atom. The monoisotopic (exact) mass is 293 g/mol. The predicted molar refractivity (Wildman–Crippen MR) is 73.2 cm³/mol. The molecule has 0 fully saturated rings. The molecule has 0 aliphatic carbocycles. The van der Waals surface area contributed by atoms with Gasteiger partial charge in [-0.15, -0.1) is 0 Å². The Morgan fingerprint density at radius 1 is 1.25 bits per heavy atom. The van der Waals surface area contributed by atoms with Crippen LogP contribution in [0.1, 0.15) is 21.5 Å². The van der Waals surface area contributed by atoms with Gasteiger partial charge < -0.3 is 10.4 Å². The van der Waals surface area contributed by atoms with Crippen LogP contribution < -0.4 is 10.6 Å². The van der Waals surface area contributed by atoms with Gasteiger partial charge in [-0.2, -0.15) is 0 Å². The molecule has 9 heteroatoms. The summed E-state index contributed by atoms with van der Waals surface area (Å²) in [6, 6.07) is 2.68. The molecular formula is C11H11N5O3S. The third kappa shape index (κ3) is 3.06. The molecule has 20 heavy (non-hydrogen) atoms. The summed E-state index contributed by atoms with van der Waals surface area (Å²) in [5, 5.41) is 21.2. The number of carbonyl (C=O) groups excluding carboxylic acids is 1. The van der Waals surface area contributed by atoms with E-state index in [0.717, 1.165) is 17.1 Å². The topological polar surface area (TPSA) is 117 Å². The first-order valence-electron chi connectivity index (χ1n) is 5.55. The maximum atomic E-state index is 11.8. The third-order valence-corrected chi connectivity index (χ3v) is 2.98. The molecule has 0 spiro atoms. The number of hydrogen-bond donors (Lipinski definition) is 3. The zero-order valence-electron chi connectivity index (χ0n) is 10.7. The minimum absolute atomic E-state index is 0.0352. The van der Waals surface area contributed by atoms with Gasteiger partial charge >= 0.3 is 12.0 Å². The van der Waals surface area contributed by atoms with Crippen molar-refractivity contribution in [2.45, 2.75) is 13.8 Å². The van der Waals surface area contributed by atoms with E-state index in [0.29, 0.717) is 5.56 Å². The fraction of sp³-hybridized carbons (Fsp3) is 0.182. The van der Waals surface area contributed by atoms with Crippen LogP contribution in [0.3, 0.4) is 0 Å². The van der Waals surface area contributed by atoms with Gasteiger partial charge in [-0.3, -0.25) is 5.32 Å². The second-order valence-electron chi connectivity index (χ2n) is 4.06. The smallest absolute Gasteiger partial charge is 0.337 e. The minimum atomic E-state index is -1.11. The summed E-state index contributed by atoms with van der Waals surface area (Å²) >= 11 is 0.918. The van der Waals surface area contributed by atoms with E-state index < -0.39 is 12.0 Å². The standard InChI is InChI=1S/C11H11N5O3S/c1-5-3-6(2)8(7(4-5)9(17)18)12-10(19)13-11-14-15-16-20-11/h3-4H,1-2H3,(H,17,18)(H2,12,13,14,16,19). The van der Waals surface area contributed by atoms with Gasteiger partial charge in [-0.1, -0.05) is 15.7 Å². The lowest BCUT2D eigenvalue weighted by molar-refractivity contribution is 0.0698. The van der Waals surface area contributed by atoms with Gasteiger partial charge in [0.05, 0.1) is 11.3 Å². The molecule has 0 radical (unpaired) electrons. The second-order valence-corrected chi connectivity index (χ2v) is 4.79. The van der Waals surface area contributed by atoms with Crippen LogP contribution in [0.4, 0.5) is 15.6 Å². The molecule has 0 saturated carbocycles. The highest BCUT2D eigenvalue weighted by molar-refractivity contribution is 7.09. The molecule has 2 aromatic rings. The number of urea groups is 1. The Kier molecular flexibility index (Phi) is 3.89. The molecule has 0 saturated heterocycles. The number of carboxylic acid groups (broad SMARTS) is 1. The molecule has 0 unspecified atom stereocenters. The molecule has 2 amide bonds. The van der Waals surface area contributed by atoms with Gasteiger partial charge in [-0.05, 0) is 36.3 Å². The lowest BCUT2D eigenvalue weighted by atomic mass is 10.0. The van der Waals surface area contributed by atoms with Crippen molar-refractivity contribution in [1.29, 1.82) is 0 Å². The van der Waals surface area contributed by atoms with E-state index in [2.05, 4.69) is 25.4 Å². The minimum Gasteiger partial charge on any atom is -0.478 e. The van der Waals surface area contributed by atoms with Crippen molar-refractivity contribution in [2.75, 3.05) is 10.6 Å². The number of anilines is 2. The Hall–Kier alpha value is -2.55. The van der Waals surface area contributed by atoms with Gasteiger partial charge in [-0.25, -0.2) is 9.59 Å². The maximum absolute atomic E-state index is 11.8. The van der Waals surface area contributed by atoms with Crippen molar-refractivity contribution in [3.05, 3.63) is 28.8 Å². The third-order valence-electron chi connectivity index (χ3n) is 2.47. The number of nitrogens with zero attached hydrogens (tertiary/aromatic N) is 3. The lowest BCUT2D eigenvalue weighted by Gasteiger charge is -2.12.